The fraction of sp³-hybridized carbons (Fsp3) is 0.619. The van der Waals surface area contributed by atoms with Crippen LogP contribution in [0, 0.1) is 11.3 Å². The summed E-state index contributed by atoms with van der Waals surface area (Å²) in [6.45, 7) is 9.17. The molecule has 0 aromatic heterocycles. The first kappa shape index (κ1) is 22.0. The smallest absolute Gasteiger partial charge is 0.256 e. The Kier molecular flexibility index (Phi) is 9.75. The molecular weight excluding hydrogens is 328 g/mol. The van der Waals surface area contributed by atoms with Crippen LogP contribution in [0.3, 0.4) is 0 Å². The van der Waals surface area contributed by atoms with Crippen LogP contribution in [0.5, 0.6) is 5.75 Å². The van der Waals surface area contributed by atoms with Crippen LogP contribution in [0.2, 0.25) is 0 Å². The summed E-state index contributed by atoms with van der Waals surface area (Å²) in [5, 5.41) is 12.3. The van der Waals surface area contributed by atoms with E-state index in [1.807, 2.05) is 13.8 Å². The molecule has 5 heteroatoms. The largest absolute Gasteiger partial charge is 0.494 e. The van der Waals surface area contributed by atoms with Crippen LogP contribution in [0.15, 0.2) is 18.2 Å². The quantitative estimate of drug-likeness (QED) is 0.529. The Balaban J connectivity index is 2.89. The summed E-state index contributed by atoms with van der Waals surface area (Å²) >= 11 is 0. The molecule has 0 aliphatic rings. The zero-order valence-corrected chi connectivity index (χ0v) is 16.6. The van der Waals surface area contributed by atoms with E-state index in [-0.39, 0.29) is 5.91 Å². The highest BCUT2D eigenvalue weighted by Gasteiger charge is 2.33. The lowest BCUT2D eigenvalue weighted by Crippen LogP contribution is -2.43. The maximum absolute atomic E-state index is 12.8. The van der Waals surface area contributed by atoms with Gasteiger partial charge in [0.25, 0.3) is 5.91 Å². The molecule has 0 bridgehead atoms. The number of nitrogens with zero attached hydrogens (tertiary/aromatic N) is 1. The number of anilines is 1. The summed E-state index contributed by atoms with van der Waals surface area (Å²) in [6, 6.07) is 7.30. The van der Waals surface area contributed by atoms with Crippen molar-refractivity contribution in [3.8, 4) is 11.8 Å². The molecule has 0 fully saturated rings. The summed E-state index contributed by atoms with van der Waals surface area (Å²) < 4.78 is 11.5. The molecule has 1 amide bonds. The Morgan fingerprint density at radius 3 is 2.50 bits per heavy atom. The van der Waals surface area contributed by atoms with E-state index >= 15 is 0 Å². The Morgan fingerprint density at radius 2 is 1.88 bits per heavy atom. The Bertz CT molecular complexity index is 600. The van der Waals surface area contributed by atoms with E-state index < -0.39 is 5.60 Å². The number of benzene rings is 1. The fourth-order valence-corrected chi connectivity index (χ4v) is 2.50. The summed E-state index contributed by atoms with van der Waals surface area (Å²) in [7, 11) is 0. The van der Waals surface area contributed by atoms with Gasteiger partial charge in [-0.1, -0.05) is 40.0 Å². The first-order chi connectivity index (χ1) is 12.5. The second-order valence-electron chi connectivity index (χ2n) is 6.66. The lowest BCUT2D eigenvalue weighted by Gasteiger charge is -2.29. The molecule has 0 heterocycles. The number of amides is 1. The summed E-state index contributed by atoms with van der Waals surface area (Å²) in [5.74, 6) is 0.430. The van der Waals surface area contributed by atoms with Gasteiger partial charge in [-0.2, -0.15) is 5.26 Å². The van der Waals surface area contributed by atoms with Gasteiger partial charge in [0.15, 0.2) is 0 Å². The molecule has 26 heavy (non-hydrogen) atoms. The zero-order chi connectivity index (χ0) is 19.4. The second kappa shape index (κ2) is 11.5. The second-order valence-corrected chi connectivity index (χ2v) is 6.66. The van der Waals surface area contributed by atoms with Crippen LogP contribution >= 0.6 is 0 Å². The van der Waals surface area contributed by atoms with Crippen molar-refractivity contribution < 1.29 is 14.3 Å². The SMILES string of the molecule is CCCCOc1ccc(NC(=O)C(C)(CCCC)OCCC)c(C#N)c1. The normalized spacial score (nSPS) is 12.9. The van der Waals surface area contributed by atoms with Gasteiger partial charge in [-0.15, -0.1) is 0 Å². The maximum atomic E-state index is 12.8. The summed E-state index contributed by atoms with van der Waals surface area (Å²) in [6.07, 6.45) is 5.41. The van der Waals surface area contributed by atoms with Gasteiger partial charge in [0.05, 0.1) is 17.9 Å². The maximum Gasteiger partial charge on any atom is 0.256 e. The molecule has 1 unspecified atom stereocenters. The molecule has 1 aromatic carbocycles. The number of nitriles is 1. The van der Waals surface area contributed by atoms with Crippen molar-refractivity contribution >= 4 is 11.6 Å². The monoisotopic (exact) mass is 360 g/mol. The Hall–Kier alpha value is -2.06. The van der Waals surface area contributed by atoms with Crippen molar-refractivity contribution in [3.63, 3.8) is 0 Å². The highest BCUT2D eigenvalue weighted by Crippen LogP contribution is 2.26. The number of carbonyl (C=O) groups excluding carboxylic acids is 1. The molecule has 1 N–H and O–H groups in total. The molecule has 0 aliphatic heterocycles. The number of unbranched alkanes of at least 4 members (excludes halogenated alkanes) is 2. The Labute approximate surface area is 157 Å². The van der Waals surface area contributed by atoms with Gasteiger partial charge in [0.1, 0.15) is 17.4 Å². The molecule has 0 spiro atoms. The number of rotatable bonds is 12. The standard InChI is InChI=1S/C21H32N2O3/c1-5-8-12-21(4,26-13-7-3)20(24)23-19-11-10-18(15-17(19)16-22)25-14-9-6-2/h10-11,15H,5-9,12-14H2,1-4H3,(H,23,24). The molecule has 1 rings (SSSR count). The van der Waals surface area contributed by atoms with Crippen molar-refractivity contribution in [3.05, 3.63) is 23.8 Å². The van der Waals surface area contributed by atoms with Gasteiger partial charge in [-0.05, 0) is 44.4 Å². The van der Waals surface area contributed by atoms with Crippen LogP contribution in [-0.4, -0.2) is 24.7 Å². The van der Waals surface area contributed by atoms with E-state index in [1.165, 1.54) is 0 Å². The van der Waals surface area contributed by atoms with Gasteiger partial charge in [0, 0.05) is 6.61 Å². The summed E-state index contributed by atoms with van der Waals surface area (Å²) in [5.41, 5.74) is -0.0152. The van der Waals surface area contributed by atoms with Gasteiger partial charge >= 0.3 is 0 Å². The number of nitrogens with one attached hydrogen (secondary N) is 1. The average molecular weight is 360 g/mol. The Morgan fingerprint density at radius 1 is 1.15 bits per heavy atom. The molecule has 5 nitrogen and oxygen atoms in total. The van der Waals surface area contributed by atoms with Crippen LogP contribution in [0.25, 0.3) is 0 Å². The van der Waals surface area contributed by atoms with Crippen LogP contribution in [0.4, 0.5) is 5.69 Å². The topological polar surface area (TPSA) is 71.3 Å². The summed E-state index contributed by atoms with van der Waals surface area (Å²) in [4.78, 5) is 12.8. The zero-order valence-electron chi connectivity index (χ0n) is 16.6. The van der Waals surface area contributed by atoms with Crippen molar-refractivity contribution in [2.45, 2.75) is 71.8 Å². The number of hydrogen-bond donors (Lipinski definition) is 1. The average Bonchev–Trinajstić information content (AvgIpc) is 2.65. The lowest BCUT2D eigenvalue weighted by atomic mass is 9.97. The van der Waals surface area contributed by atoms with E-state index in [1.54, 1.807) is 18.2 Å². The molecule has 0 saturated heterocycles. The minimum Gasteiger partial charge on any atom is -0.494 e. The first-order valence-electron chi connectivity index (χ1n) is 9.63. The van der Waals surface area contributed by atoms with Crippen LogP contribution < -0.4 is 10.1 Å². The first-order valence-corrected chi connectivity index (χ1v) is 9.63. The molecule has 0 radical (unpaired) electrons. The van der Waals surface area contributed by atoms with Gasteiger partial charge in [-0.25, -0.2) is 0 Å². The third-order valence-electron chi connectivity index (χ3n) is 4.24. The molecular formula is C21H32N2O3. The number of carbonyl (C=O) groups is 1. The molecule has 1 aromatic rings. The molecule has 144 valence electrons. The van der Waals surface area contributed by atoms with Crippen molar-refractivity contribution in [2.75, 3.05) is 18.5 Å². The van der Waals surface area contributed by atoms with Gasteiger partial charge < -0.3 is 14.8 Å². The predicted octanol–water partition coefficient (Wildman–Crippen LogP) is 5.05. The van der Waals surface area contributed by atoms with Crippen molar-refractivity contribution in [1.29, 1.82) is 5.26 Å². The van der Waals surface area contributed by atoms with E-state index in [2.05, 4.69) is 25.2 Å². The van der Waals surface area contributed by atoms with Gasteiger partial charge in [-0.3, -0.25) is 4.79 Å². The molecule has 0 aliphatic carbocycles. The third-order valence-corrected chi connectivity index (χ3v) is 4.24. The third kappa shape index (κ3) is 6.68. The fourth-order valence-electron chi connectivity index (χ4n) is 2.50. The van der Waals surface area contributed by atoms with E-state index in [0.29, 0.717) is 36.6 Å². The number of hydrogen-bond acceptors (Lipinski definition) is 4. The van der Waals surface area contributed by atoms with E-state index in [9.17, 15) is 10.1 Å². The van der Waals surface area contributed by atoms with Crippen molar-refractivity contribution in [2.24, 2.45) is 0 Å². The van der Waals surface area contributed by atoms with Crippen molar-refractivity contribution in [1.82, 2.24) is 0 Å². The van der Waals surface area contributed by atoms with Gasteiger partial charge in [0.2, 0.25) is 0 Å². The highest BCUT2D eigenvalue weighted by molar-refractivity contribution is 5.98. The molecule has 1 atom stereocenters. The lowest BCUT2D eigenvalue weighted by molar-refractivity contribution is -0.140. The van der Waals surface area contributed by atoms with E-state index in [4.69, 9.17) is 9.47 Å². The molecule has 0 saturated carbocycles. The minimum atomic E-state index is -0.894. The van der Waals surface area contributed by atoms with Crippen LogP contribution in [0.1, 0.15) is 71.8 Å². The minimum absolute atomic E-state index is 0.212. The predicted molar refractivity (Wildman–Crippen MR) is 104 cm³/mol. The number of ether oxygens (including phenoxy) is 2. The van der Waals surface area contributed by atoms with E-state index in [0.717, 1.165) is 32.1 Å². The van der Waals surface area contributed by atoms with Crippen LogP contribution in [-0.2, 0) is 9.53 Å². The highest BCUT2D eigenvalue weighted by atomic mass is 16.5.